The van der Waals surface area contributed by atoms with Gasteiger partial charge in [0.15, 0.2) is 0 Å². The first-order chi connectivity index (χ1) is 14.3. The lowest BCUT2D eigenvalue weighted by Crippen LogP contribution is -2.63. The van der Waals surface area contributed by atoms with Crippen LogP contribution in [0.4, 0.5) is 0 Å². The number of aromatic amines is 1. The van der Waals surface area contributed by atoms with E-state index in [4.69, 9.17) is 11.6 Å². The van der Waals surface area contributed by atoms with Gasteiger partial charge in [-0.25, -0.2) is 0 Å². The molecule has 4 nitrogen and oxygen atoms in total. The highest BCUT2D eigenvalue weighted by Crippen LogP contribution is 2.58. The molecule has 3 atom stereocenters. The zero-order valence-electron chi connectivity index (χ0n) is 17.5. The van der Waals surface area contributed by atoms with E-state index in [1.165, 1.54) is 6.42 Å². The standard InChI is InChI=1S/C24H28BrClN2O2/c1-13(18-12-27-20-4-3-19(26)23(25)22(18)20)5-21(30)28-16-6-15-7-17(28)11-24(9-15,10-16)8-14(2)29/h3-4,12-13,15-17,27H,5-11H2,1-2H3. The van der Waals surface area contributed by atoms with Gasteiger partial charge in [-0.3, -0.25) is 4.79 Å². The summed E-state index contributed by atoms with van der Waals surface area (Å²) in [5, 5.41) is 1.76. The molecule has 1 aromatic heterocycles. The fraction of sp³-hybridized carbons (Fsp3) is 0.583. The first-order valence-corrected chi connectivity index (χ1v) is 12.2. The number of piperidine rings is 2. The average molecular weight is 492 g/mol. The Morgan fingerprint density at radius 1 is 1.27 bits per heavy atom. The third-order valence-electron chi connectivity index (χ3n) is 7.75. The van der Waals surface area contributed by atoms with Crippen molar-refractivity contribution in [3.05, 3.63) is 33.4 Å². The van der Waals surface area contributed by atoms with Gasteiger partial charge in [-0.15, -0.1) is 0 Å². The number of ketones is 1. The summed E-state index contributed by atoms with van der Waals surface area (Å²) in [6.07, 6.45) is 8.64. The van der Waals surface area contributed by atoms with Crippen LogP contribution in [0.2, 0.25) is 5.02 Å². The Bertz CT molecular complexity index is 1020. The minimum absolute atomic E-state index is 0.101. The number of hydrogen-bond donors (Lipinski definition) is 1. The summed E-state index contributed by atoms with van der Waals surface area (Å²) in [5.74, 6) is 1.35. The van der Waals surface area contributed by atoms with Gasteiger partial charge in [0, 0.05) is 46.5 Å². The smallest absolute Gasteiger partial charge is 0.223 e. The van der Waals surface area contributed by atoms with Crippen molar-refractivity contribution < 1.29 is 9.59 Å². The molecule has 4 aliphatic rings. The van der Waals surface area contributed by atoms with Crippen molar-refractivity contribution in [3.8, 4) is 0 Å². The van der Waals surface area contributed by atoms with E-state index in [0.29, 0.717) is 41.6 Å². The van der Waals surface area contributed by atoms with Crippen LogP contribution in [0.25, 0.3) is 10.9 Å². The molecule has 1 N–H and O–H groups in total. The highest BCUT2D eigenvalue weighted by molar-refractivity contribution is 9.10. The Morgan fingerprint density at radius 3 is 2.63 bits per heavy atom. The molecular formula is C24H28BrClN2O2. The predicted octanol–water partition coefficient (Wildman–Crippen LogP) is 6.22. The minimum Gasteiger partial charge on any atom is -0.361 e. The topological polar surface area (TPSA) is 53.2 Å². The van der Waals surface area contributed by atoms with Gasteiger partial charge in [0.25, 0.3) is 0 Å². The monoisotopic (exact) mass is 490 g/mol. The maximum absolute atomic E-state index is 13.5. The molecule has 4 bridgehead atoms. The van der Waals surface area contributed by atoms with Crippen LogP contribution in [0.1, 0.15) is 70.3 Å². The maximum atomic E-state index is 13.5. The van der Waals surface area contributed by atoms with Crippen LogP contribution in [0, 0.1) is 11.3 Å². The maximum Gasteiger partial charge on any atom is 0.223 e. The number of halogens is 2. The van der Waals surface area contributed by atoms with Crippen LogP contribution >= 0.6 is 27.5 Å². The average Bonchev–Trinajstić information content (AvgIpc) is 3.07. The number of Topliss-reactive ketones (excluding diaryl/α,β-unsaturated/α-hetero) is 1. The molecule has 160 valence electrons. The Morgan fingerprint density at radius 2 is 1.97 bits per heavy atom. The Hall–Kier alpha value is -1.33. The summed E-state index contributed by atoms with van der Waals surface area (Å²) in [6, 6.07) is 4.50. The van der Waals surface area contributed by atoms with Gasteiger partial charge < -0.3 is 14.7 Å². The van der Waals surface area contributed by atoms with Crippen LogP contribution in [0.3, 0.4) is 0 Å². The van der Waals surface area contributed by atoms with Gasteiger partial charge in [-0.05, 0) is 89.9 Å². The van der Waals surface area contributed by atoms with E-state index in [0.717, 1.165) is 46.6 Å². The Balaban J connectivity index is 1.36. The van der Waals surface area contributed by atoms with Crippen molar-refractivity contribution in [1.29, 1.82) is 0 Å². The molecule has 30 heavy (non-hydrogen) atoms. The molecule has 2 aliphatic heterocycles. The SMILES string of the molecule is CC(=O)CC12CC3CC(C1)N(C(=O)CC(C)c1c[nH]c4ccc(Cl)c(Br)c14)C(C3)C2. The number of benzene rings is 1. The van der Waals surface area contributed by atoms with Crippen LogP contribution in [-0.2, 0) is 9.59 Å². The lowest BCUT2D eigenvalue weighted by molar-refractivity contribution is -0.160. The van der Waals surface area contributed by atoms with E-state index in [2.05, 4.69) is 32.7 Å². The van der Waals surface area contributed by atoms with E-state index >= 15 is 0 Å². The fourth-order valence-corrected chi connectivity index (χ4v) is 7.71. The highest BCUT2D eigenvalue weighted by Gasteiger charge is 2.55. The predicted molar refractivity (Wildman–Crippen MR) is 123 cm³/mol. The van der Waals surface area contributed by atoms with E-state index in [1.807, 2.05) is 18.3 Å². The van der Waals surface area contributed by atoms with Crippen LogP contribution in [0.15, 0.2) is 22.8 Å². The number of carbonyl (C=O) groups excluding carboxylic acids is 2. The van der Waals surface area contributed by atoms with Crippen molar-refractivity contribution in [2.75, 3.05) is 0 Å². The number of nitrogens with zero attached hydrogens (tertiary/aromatic N) is 1. The number of fused-ring (bicyclic) bond motifs is 1. The highest BCUT2D eigenvalue weighted by atomic mass is 79.9. The van der Waals surface area contributed by atoms with Crippen molar-refractivity contribution in [2.45, 2.75) is 76.8 Å². The molecule has 1 aromatic carbocycles. The zero-order chi connectivity index (χ0) is 21.2. The van der Waals surface area contributed by atoms with Gasteiger partial charge in [-0.1, -0.05) is 18.5 Å². The third-order valence-corrected chi connectivity index (χ3v) is 9.11. The molecule has 2 aromatic rings. The van der Waals surface area contributed by atoms with Gasteiger partial charge in [-0.2, -0.15) is 0 Å². The Kier molecular flexibility index (Phi) is 5.05. The first kappa shape index (κ1) is 20.6. The van der Waals surface area contributed by atoms with Gasteiger partial charge >= 0.3 is 0 Å². The number of hydrogen-bond acceptors (Lipinski definition) is 2. The zero-order valence-corrected chi connectivity index (χ0v) is 19.9. The van der Waals surface area contributed by atoms with Crippen LogP contribution in [-0.4, -0.2) is 33.7 Å². The van der Waals surface area contributed by atoms with Crippen molar-refractivity contribution >= 4 is 50.1 Å². The summed E-state index contributed by atoms with van der Waals surface area (Å²) < 4.78 is 0.887. The second-order valence-electron chi connectivity index (χ2n) is 10.1. The molecule has 6 rings (SSSR count). The summed E-state index contributed by atoms with van der Waals surface area (Å²) in [4.78, 5) is 30.9. The quantitative estimate of drug-likeness (QED) is 0.540. The van der Waals surface area contributed by atoms with E-state index in [9.17, 15) is 9.59 Å². The number of carbonyl (C=O) groups is 2. The number of H-pyrrole nitrogens is 1. The van der Waals surface area contributed by atoms with E-state index < -0.39 is 0 Å². The molecule has 2 aliphatic carbocycles. The van der Waals surface area contributed by atoms with Gasteiger partial charge in [0.2, 0.25) is 5.91 Å². The van der Waals surface area contributed by atoms with Gasteiger partial charge in [0.05, 0.1) is 5.02 Å². The molecule has 0 radical (unpaired) electrons. The lowest BCUT2D eigenvalue weighted by Gasteiger charge is -2.61. The molecule has 3 heterocycles. The third kappa shape index (κ3) is 3.33. The van der Waals surface area contributed by atoms with Crippen molar-refractivity contribution in [3.63, 3.8) is 0 Å². The molecule has 0 spiro atoms. The van der Waals surface area contributed by atoms with Crippen LogP contribution in [0.5, 0.6) is 0 Å². The number of nitrogens with one attached hydrogen (secondary N) is 1. The minimum atomic E-state index is 0.101. The molecule has 1 amide bonds. The van der Waals surface area contributed by atoms with E-state index in [1.54, 1.807) is 6.92 Å². The summed E-state index contributed by atoms with van der Waals surface area (Å²) in [5.41, 5.74) is 2.32. The number of amides is 1. The summed E-state index contributed by atoms with van der Waals surface area (Å²) in [6.45, 7) is 3.84. The molecule has 4 fully saturated rings. The second-order valence-corrected chi connectivity index (χ2v) is 11.3. The normalized spacial score (nSPS) is 30.8. The first-order valence-electron chi connectivity index (χ1n) is 11.0. The fourth-order valence-electron chi connectivity index (χ4n) is 6.98. The lowest BCUT2D eigenvalue weighted by atomic mass is 9.54. The Labute approximate surface area is 190 Å². The van der Waals surface area contributed by atoms with Crippen molar-refractivity contribution in [2.24, 2.45) is 11.3 Å². The molecular weight excluding hydrogens is 464 g/mol. The van der Waals surface area contributed by atoms with Crippen molar-refractivity contribution in [1.82, 2.24) is 9.88 Å². The summed E-state index contributed by atoms with van der Waals surface area (Å²) >= 11 is 9.94. The molecule has 2 saturated heterocycles. The molecule has 2 saturated carbocycles. The van der Waals surface area contributed by atoms with E-state index in [-0.39, 0.29) is 17.2 Å². The second kappa shape index (κ2) is 7.37. The number of rotatable bonds is 5. The van der Waals surface area contributed by atoms with Crippen LogP contribution < -0.4 is 0 Å². The molecule has 3 unspecified atom stereocenters. The molecule has 6 heteroatoms. The number of aromatic nitrogens is 1. The summed E-state index contributed by atoms with van der Waals surface area (Å²) in [7, 11) is 0. The largest absolute Gasteiger partial charge is 0.361 e. The van der Waals surface area contributed by atoms with Gasteiger partial charge in [0.1, 0.15) is 5.78 Å².